The molecule has 18 heavy (non-hydrogen) atoms. The first-order chi connectivity index (χ1) is 8.92. The van der Waals surface area contributed by atoms with Crippen molar-refractivity contribution >= 4 is 11.8 Å². The van der Waals surface area contributed by atoms with Crippen molar-refractivity contribution in [1.29, 1.82) is 0 Å². The van der Waals surface area contributed by atoms with Crippen molar-refractivity contribution in [2.45, 2.75) is 18.1 Å². The lowest BCUT2D eigenvalue weighted by atomic mass is 10.1. The standard InChI is InChI=1S/C14H19NO2S/c1-2-13-14(17-7-6-16-13)9-11(1)4-8-18-12-3-5-15-10-12/h1-2,9,12,15H,3-8,10H2. The monoisotopic (exact) mass is 265 g/mol. The van der Waals surface area contributed by atoms with Crippen LogP contribution in [0.2, 0.25) is 0 Å². The van der Waals surface area contributed by atoms with Crippen molar-refractivity contribution in [3.05, 3.63) is 23.8 Å². The fourth-order valence-corrected chi connectivity index (χ4v) is 3.56. The summed E-state index contributed by atoms with van der Waals surface area (Å²) >= 11 is 2.08. The summed E-state index contributed by atoms with van der Waals surface area (Å²) in [4.78, 5) is 0. The molecule has 1 saturated heterocycles. The van der Waals surface area contributed by atoms with Gasteiger partial charge in [0.2, 0.25) is 0 Å². The highest BCUT2D eigenvalue weighted by Gasteiger charge is 2.15. The number of fused-ring (bicyclic) bond motifs is 1. The largest absolute Gasteiger partial charge is 0.486 e. The Balaban J connectivity index is 1.52. The van der Waals surface area contributed by atoms with Crippen LogP contribution in [-0.4, -0.2) is 37.3 Å². The van der Waals surface area contributed by atoms with E-state index in [-0.39, 0.29) is 0 Å². The lowest BCUT2D eigenvalue weighted by Crippen LogP contribution is -2.15. The molecule has 0 aliphatic carbocycles. The minimum Gasteiger partial charge on any atom is -0.486 e. The summed E-state index contributed by atoms with van der Waals surface area (Å²) < 4.78 is 11.1. The Morgan fingerprint density at radius 3 is 2.94 bits per heavy atom. The van der Waals surface area contributed by atoms with E-state index in [1.807, 2.05) is 6.07 Å². The summed E-state index contributed by atoms with van der Waals surface area (Å²) in [6.07, 6.45) is 2.42. The van der Waals surface area contributed by atoms with Crippen LogP contribution in [0.5, 0.6) is 11.5 Å². The van der Waals surface area contributed by atoms with Crippen LogP contribution in [0.25, 0.3) is 0 Å². The predicted molar refractivity (Wildman–Crippen MR) is 74.9 cm³/mol. The van der Waals surface area contributed by atoms with Gasteiger partial charge in [-0.25, -0.2) is 0 Å². The fourth-order valence-electron chi connectivity index (χ4n) is 2.36. The van der Waals surface area contributed by atoms with Crippen LogP contribution in [0.4, 0.5) is 0 Å². The number of nitrogens with one attached hydrogen (secondary N) is 1. The molecule has 0 aromatic heterocycles. The van der Waals surface area contributed by atoms with Crippen molar-refractivity contribution in [3.8, 4) is 11.5 Å². The van der Waals surface area contributed by atoms with E-state index in [0.717, 1.165) is 23.2 Å². The smallest absolute Gasteiger partial charge is 0.161 e. The van der Waals surface area contributed by atoms with Crippen LogP contribution >= 0.6 is 11.8 Å². The summed E-state index contributed by atoms with van der Waals surface area (Å²) in [6, 6.07) is 6.31. The Bertz CT molecular complexity index is 405. The fraction of sp³-hybridized carbons (Fsp3) is 0.571. The van der Waals surface area contributed by atoms with E-state index in [1.165, 1.54) is 30.8 Å². The van der Waals surface area contributed by atoms with Gasteiger partial charge >= 0.3 is 0 Å². The zero-order chi connectivity index (χ0) is 12.2. The number of thioether (sulfide) groups is 1. The topological polar surface area (TPSA) is 30.5 Å². The van der Waals surface area contributed by atoms with Gasteiger partial charge < -0.3 is 14.8 Å². The molecule has 1 aromatic rings. The van der Waals surface area contributed by atoms with E-state index in [9.17, 15) is 0 Å². The van der Waals surface area contributed by atoms with Gasteiger partial charge in [0.05, 0.1) is 0 Å². The molecule has 0 saturated carbocycles. The molecular weight excluding hydrogens is 246 g/mol. The molecule has 1 atom stereocenters. The summed E-state index contributed by atoms with van der Waals surface area (Å²) in [5, 5.41) is 4.21. The van der Waals surface area contributed by atoms with Crippen LogP contribution < -0.4 is 14.8 Å². The Hall–Kier alpha value is -0.870. The highest BCUT2D eigenvalue weighted by atomic mass is 32.2. The highest BCUT2D eigenvalue weighted by Crippen LogP contribution is 2.31. The van der Waals surface area contributed by atoms with E-state index in [1.54, 1.807) is 0 Å². The summed E-state index contributed by atoms with van der Waals surface area (Å²) in [7, 11) is 0. The summed E-state index contributed by atoms with van der Waals surface area (Å²) in [6.45, 7) is 3.68. The van der Waals surface area contributed by atoms with Crippen LogP contribution in [0.3, 0.4) is 0 Å². The molecule has 0 radical (unpaired) electrons. The van der Waals surface area contributed by atoms with Crippen molar-refractivity contribution in [1.82, 2.24) is 5.32 Å². The third-order valence-corrected chi connectivity index (χ3v) is 4.68. The maximum atomic E-state index is 5.60. The molecular formula is C14H19NO2S. The molecule has 3 rings (SSSR count). The number of hydrogen-bond acceptors (Lipinski definition) is 4. The van der Waals surface area contributed by atoms with Crippen molar-refractivity contribution in [2.24, 2.45) is 0 Å². The minimum absolute atomic E-state index is 0.664. The minimum atomic E-state index is 0.664. The van der Waals surface area contributed by atoms with Gasteiger partial charge in [0.25, 0.3) is 0 Å². The van der Waals surface area contributed by atoms with Crippen molar-refractivity contribution in [2.75, 3.05) is 32.1 Å². The second kappa shape index (κ2) is 5.85. The molecule has 1 fully saturated rings. The number of rotatable bonds is 4. The van der Waals surface area contributed by atoms with E-state index in [4.69, 9.17) is 9.47 Å². The third-order valence-electron chi connectivity index (χ3n) is 3.37. The van der Waals surface area contributed by atoms with Crippen LogP contribution in [0.1, 0.15) is 12.0 Å². The van der Waals surface area contributed by atoms with Gasteiger partial charge in [0.15, 0.2) is 11.5 Å². The number of aryl methyl sites for hydroxylation is 1. The van der Waals surface area contributed by atoms with Gasteiger partial charge in [-0.2, -0.15) is 11.8 Å². The van der Waals surface area contributed by atoms with E-state index in [2.05, 4.69) is 29.2 Å². The molecule has 2 aliphatic heterocycles. The number of benzene rings is 1. The first-order valence-electron chi connectivity index (χ1n) is 6.63. The highest BCUT2D eigenvalue weighted by molar-refractivity contribution is 7.99. The van der Waals surface area contributed by atoms with Crippen molar-refractivity contribution < 1.29 is 9.47 Å². The Kier molecular flexibility index (Phi) is 3.96. The second-order valence-electron chi connectivity index (χ2n) is 4.71. The van der Waals surface area contributed by atoms with Crippen LogP contribution in [0.15, 0.2) is 18.2 Å². The van der Waals surface area contributed by atoms with Crippen molar-refractivity contribution in [3.63, 3.8) is 0 Å². The molecule has 2 heterocycles. The quantitative estimate of drug-likeness (QED) is 0.903. The van der Waals surface area contributed by atoms with Gasteiger partial charge in [0, 0.05) is 11.8 Å². The molecule has 0 bridgehead atoms. The Morgan fingerprint density at radius 1 is 1.22 bits per heavy atom. The lowest BCUT2D eigenvalue weighted by Gasteiger charge is -2.19. The SMILES string of the molecule is c1cc2c(cc1CCSC1CCNC1)OCCO2. The van der Waals surface area contributed by atoms with Gasteiger partial charge in [-0.05, 0) is 42.8 Å². The molecule has 98 valence electrons. The first kappa shape index (κ1) is 12.2. The zero-order valence-corrected chi connectivity index (χ0v) is 11.3. The molecule has 0 spiro atoms. The Morgan fingerprint density at radius 2 is 2.11 bits per heavy atom. The maximum Gasteiger partial charge on any atom is 0.161 e. The average Bonchev–Trinajstić information content (AvgIpc) is 2.92. The van der Waals surface area contributed by atoms with Crippen LogP contribution in [0, 0.1) is 0 Å². The third kappa shape index (κ3) is 2.93. The zero-order valence-electron chi connectivity index (χ0n) is 10.5. The predicted octanol–water partition coefficient (Wildman–Crippen LogP) is 2.10. The molecule has 0 amide bonds. The van der Waals surface area contributed by atoms with Crippen LogP contribution in [-0.2, 0) is 6.42 Å². The normalized spacial score (nSPS) is 22.1. The molecule has 1 unspecified atom stereocenters. The molecule has 3 nitrogen and oxygen atoms in total. The van der Waals surface area contributed by atoms with Gasteiger partial charge in [-0.3, -0.25) is 0 Å². The van der Waals surface area contributed by atoms with Gasteiger partial charge in [0.1, 0.15) is 13.2 Å². The average molecular weight is 265 g/mol. The van der Waals surface area contributed by atoms with E-state index < -0.39 is 0 Å². The number of ether oxygens (including phenoxy) is 2. The molecule has 1 aromatic carbocycles. The molecule has 1 N–H and O–H groups in total. The van der Waals surface area contributed by atoms with E-state index in [0.29, 0.717) is 13.2 Å². The molecule has 2 aliphatic rings. The number of hydrogen-bond donors (Lipinski definition) is 1. The van der Waals surface area contributed by atoms with Gasteiger partial charge in [-0.15, -0.1) is 0 Å². The Labute approximate surface area is 112 Å². The first-order valence-corrected chi connectivity index (χ1v) is 7.67. The second-order valence-corrected chi connectivity index (χ2v) is 6.12. The lowest BCUT2D eigenvalue weighted by molar-refractivity contribution is 0.171. The van der Waals surface area contributed by atoms with E-state index >= 15 is 0 Å². The van der Waals surface area contributed by atoms with Gasteiger partial charge in [-0.1, -0.05) is 6.07 Å². The summed E-state index contributed by atoms with van der Waals surface area (Å²) in [5.74, 6) is 2.98. The summed E-state index contributed by atoms with van der Waals surface area (Å²) in [5.41, 5.74) is 1.35. The maximum absolute atomic E-state index is 5.60. The molecule has 4 heteroatoms.